The molecule has 2 aliphatic heterocycles. The van der Waals surface area contributed by atoms with Crippen LogP contribution in [0.3, 0.4) is 0 Å². The van der Waals surface area contributed by atoms with E-state index >= 15 is 0 Å². The second kappa shape index (κ2) is 16.4. The Balaban J connectivity index is 0.000000568. The second-order valence-electron chi connectivity index (χ2n) is 9.04. The molecule has 6 nitrogen and oxygen atoms in total. The molecule has 1 amide bonds. The van der Waals surface area contributed by atoms with E-state index in [4.69, 9.17) is 26.7 Å². The molecule has 2 aliphatic rings. The van der Waals surface area contributed by atoms with Crippen LogP contribution in [-0.2, 0) is 4.74 Å². The van der Waals surface area contributed by atoms with Gasteiger partial charge in [0, 0.05) is 35.7 Å². The number of alkyl halides is 2. The first-order valence-electron chi connectivity index (χ1n) is 12.7. The fourth-order valence-corrected chi connectivity index (χ4v) is 5.36. The molecule has 1 aromatic rings. The Bertz CT molecular complexity index is 1090. The van der Waals surface area contributed by atoms with Crippen molar-refractivity contribution in [1.82, 2.24) is 10.2 Å². The summed E-state index contributed by atoms with van der Waals surface area (Å²) >= 11 is 7.12. The standard InChI is InChI=1S/C22H32F2N4O2S.C6H4ClF/c1-5-10-31-20(14(3)6-2)21-26-12-16(17(25)8-7-9-19(23)24)18-11-15(13-28(18)21)27-22(29)30-4;7-5-2-1-3-6(8)4-5/h5,7-8,10,14-15,19-20,25H,6,9,11-13H2,1-4H3,(H,27,29);1-4H/b8-7-,10-5-,25-17?;. The Labute approximate surface area is 237 Å². The van der Waals surface area contributed by atoms with Crippen molar-refractivity contribution in [3.63, 3.8) is 0 Å². The number of rotatable bonds is 10. The van der Waals surface area contributed by atoms with E-state index in [1.807, 2.05) is 13.0 Å². The van der Waals surface area contributed by atoms with Crippen LogP contribution < -0.4 is 5.32 Å². The number of aliphatic imine (C=N–C) groups is 1. The Hall–Kier alpha value is -2.72. The molecule has 3 atom stereocenters. The summed E-state index contributed by atoms with van der Waals surface area (Å²) in [6.07, 6.45) is 2.96. The van der Waals surface area contributed by atoms with Gasteiger partial charge in [0.05, 0.1) is 30.7 Å². The maximum absolute atomic E-state index is 12.5. The number of fused-ring (bicyclic) bond motifs is 1. The summed E-state index contributed by atoms with van der Waals surface area (Å²) in [6.45, 7) is 7.18. The quantitative estimate of drug-likeness (QED) is 0.280. The number of amidine groups is 1. The number of carbonyl (C=O) groups excluding carboxylic acids is 1. The number of amides is 1. The predicted molar refractivity (Wildman–Crippen MR) is 155 cm³/mol. The average Bonchev–Trinajstić information content (AvgIpc) is 3.32. The first kappa shape index (κ1) is 32.5. The molecule has 0 spiro atoms. The van der Waals surface area contributed by atoms with E-state index in [2.05, 4.69) is 29.5 Å². The predicted octanol–water partition coefficient (Wildman–Crippen LogP) is 7.47. The van der Waals surface area contributed by atoms with Crippen molar-refractivity contribution in [2.24, 2.45) is 10.9 Å². The second-order valence-corrected chi connectivity index (χ2v) is 10.5. The van der Waals surface area contributed by atoms with Crippen LogP contribution in [0, 0.1) is 17.1 Å². The smallest absolute Gasteiger partial charge is 0.407 e. The van der Waals surface area contributed by atoms with Gasteiger partial charge in [0.25, 0.3) is 0 Å². The van der Waals surface area contributed by atoms with Gasteiger partial charge in [-0.1, -0.05) is 50.1 Å². The third kappa shape index (κ3) is 10.1. The number of nitrogens with one attached hydrogen (secondary N) is 2. The summed E-state index contributed by atoms with van der Waals surface area (Å²) in [5, 5.41) is 13.9. The zero-order chi connectivity index (χ0) is 28.9. The van der Waals surface area contributed by atoms with E-state index in [9.17, 15) is 18.0 Å². The summed E-state index contributed by atoms with van der Waals surface area (Å²) in [7, 11) is 1.32. The minimum absolute atomic E-state index is 0.137. The summed E-state index contributed by atoms with van der Waals surface area (Å²) in [6, 6.07) is 5.64. The zero-order valence-corrected chi connectivity index (χ0v) is 24.2. The van der Waals surface area contributed by atoms with Gasteiger partial charge in [-0.3, -0.25) is 4.99 Å². The summed E-state index contributed by atoms with van der Waals surface area (Å²) in [5.41, 5.74) is 1.82. The molecule has 2 heterocycles. The first-order chi connectivity index (χ1) is 18.6. The number of allylic oxidation sites excluding steroid dienone is 3. The summed E-state index contributed by atoms with van der Waals surface area (Å²) < 4.78 is 41.8. The van der Waals surface area contributed by atoms with Crippen LogP contribution >= 0.6 is 23.4 Å². The molecule has 214 valence electrons. The highest BCUT2D eigenvalue weighted by Gasteiger charge is 2.39. The molecule has 0 bridgehead atoms. The van der Waals surface area contributed by atoms with E-state index < -0.39 is 12.5 Å². The van der Waals surface area contributed by atoms with Crippen LogP contribution in [-0.4, -0.2) is 60.5 Å². The maximum atomic E-state index is 12.5. The zero-order valence-electron chi connectivity index (χ0n) is 22.6. The van der Waals surface area contributed by atoms with Crippen LogP contribution in [0.4, 0.5) is 18.0 Å². The molecule has 0 aromatic heterocycles. The van der Waals surface area contributed by atoms with Gasteiger partial charge in [-0.15, -0.1) is 11.8 Å². The SMILES string of the molecule is C/C=C\SC(C1=NCC(C(=N)/C=C\CC(F)F)=C2CC(NC(=O)OC)CN12)C(C)CC.Fc1cccc(Cl)c1. The van der Waals surface area contributed by atoms with Crippen molar-refractivity contribution in [1.29, 1.82) is 5.41 Å². The van der Waals surface area contributed by atoms with Gasteiger partial charge in [-0.05, 0) is 42.5 Å². The van der Waals surface area contributed by atoms with E-state index in [1.54, 1.807) is 23.9 Å². The van der Waals surface area contributed by atoms with Gasteiger partial charge in [0.15, 0.2) is 0 Å². The first-order valence-corrected chi connectivity index (χ1v) is 14.0. The molecular weight excluding hydrogens is 549 g/mol. The van der Waals surface area contributed by atoms with Gasteiger partial charge < -0.3 is 20.4 Å². The average molecular weight is 585 g/mol. The summed E-state index contributed by atoms with van der Waals surface area (Å²) in [5.74, 6) is 1.02. The highest BCUT2D eigenvalue weighted by atomic mass is 35.5. The van der Waals surface area contributed by atoms with Gasteiger partial charge in [-0.2, -0.15) is 0 Å². The number of alkyl carbamates (subject to hydrolysis) is 1. The molecule has 1 saturated heterocycles. The van der Waals surface area contributed by atoms with Crippen LogP contribution in [0.2, 0.25) is 5.02 Å². The maximum Gasteiger partial charge on any atom is 0.407 e. The number of halogens is 4. The Kier molecular flexibility index (Phi) is 13.7. The molecule has 3 unspecified atom stereocenters. The van der Waals surface area contributed by atoms with Crippen molar-refractivity contribution in [2.75, 3.05) is 20.2 Å². The van der Waals surface area contributed by atoms with Gasteiger partial charge in [-0.25, -0.2) is 18.0 Å². The summed E-state index contributed by atoms with van der Waals surface area (Å²) in [4.78, 5) is 18.7. The van der Waals surface area contributed by atoms with Crippen LogP contribution in [0.1, 0.15) is 40.0 Å². The topological polar surface area (TPSA) is 77.8 Å². The lowest BCUT2D eigenvalue weighted by Crippen LogP contribution is -2.43. The lowest BCUT2D eigenvalue weighted by atomic mass is 9.99. The van der Waals surface area contributed by atoms with Gasteiger partial charge in [0.1, 0.15) is 11.7 Å². The van der Waals surface area contributed by atoms with Crippen molar-refractivity contribution in [2.45, 2.75) is 57.8 Å². The molecule has 2 N–H and O–H groups in total. The number of benzene rings is 1. The number of hydrogen-bond acceptors (Lipinski definition) is 6. The van der Waals surface area contributed by atoms with E-state index in [1.165, 1.54) is 31.4 Å². The van der Waals surface area contributed by atoms with Crippen molar-refractivity contribution < 1.29 is 22.7 Å². The van der Waals surface area contributed by atoms with Crippen molar-refractivity contribution >= 4 is 41.0 Å². The third-order valence-electron chi connectivity index (χ3n) is 6.19. The Morgan fingerprint density at radius 2 is 2.15 bits per heavy atom. The minimum atomic E-state index is -2.44. The Morgan fingerprint density at radius 1 is 1.41 bits per heavy atom. The minimum Gasteiger partial charge on any atom is -0.453 e. The van der Waals surface area contributed by atoms with E-state index in [0.29, 0.717) is 36.0 Å². The van der Waals surface area contributed by atoms with E-state index in [0.717, 1.165) is 18.0 Å². The van der Waals surface area contributed by atoms with Crippen molar-refractivity contribution in [3.05, 3.63) is 70.0 Å². The number of nitrogens with zero attached hydrogens (tertiary/aromatic N) is 2. The fraction of sp³-hybridized carbons (Fsp3) is 0.464. The number of thioether (sulfide) groups is 1. The Morgan fingerprint density at radius 3 is 2.72 bits per heavy atom. The van der Waals surface area contributed by atoms with Crippen LogP contribution in [0.25, 0.3) is 0 Å². The molecule has 0 aliphatic carbocycles. The number of ether oxygens (including phenoxy) is 1. The van der Waals surface area contributed by atoms with Crippen LogP contribution in [0.5, 0.6) is 0 Å². The number of hydrogen-bond donors (Lipinski definition) is 2. The number of methoxy groups -OCH3 is 1. The van der Waals surface area contributed by atoms with Gasteiger partial charge in [0.2, 0.25) is 6.43 Å². The fourth-order valence-electron chi connectivity index (χ4n) is 4.08. The largest absolute Gasteiger partial charge is 0.453 e. The third-order valence-corrected chi connectivity index (χ3v) is 7.82. The van der Waals surface area contributed by atoms with Crippen LogP contribution in [0.15, 0.2) is 64.2 Å². The highest BCUT2D eigenvalue weighted by molar-refractivity contribution is 8.03. The molecule has 1 fully saturated rings. The normalized spacial score (nSPS) is 18.5. The molecule has 0 radical (unpaired) electrons. The number of carbonyl (C=O) groups is 1. The lowest BCUT2D eigenvalue weighted by molar-refractivity contribution is 0.152. The molecule has 0 saturated carbocycles. The van der Waals surface area contributed by atoms with Gasteiger partial charge >= 0.3 is 6.09 Å². The molecule has 3 rings (SSSR count). The van der Waals surface area contributed by atoms with Crippen molar-refractivity contribution in [3.8, 4) is 0 Å². The molecular formula is C28H36ClF3N4O2S. The molecule has 11 heteroatoms. The van der Waals surface area contributed by atoms with E-state index in [-0.39, 0.29) is 29.2 Å². The lowest BCUT2D eigenvalue weighted by Gasteiger charge is -2.34. The monoisotopic (exact) mass is 584 g/mol. The molecule has 1 aromatic carbocycles. The molecule has 39 heavy (non-hydrogen) atoms. The highest BCUT2D eigenvalue weighted by Crippen LogP contribution is 2.35.